The molecule has 1 aromatic rings. The first-order valence-corrected chi connectivity index (χ1v) is 4.89. The van der Waals surface area contributed by atoms with Crippen molar-refractivity contribution < 1.29 is 9.13 Å². The number of hydrogen-bond acceptors (Lipinski definition) is 2. The van der Waals surface area contributed by atoms with Crippen LogP contribution in [0.15, 0.2) is 24.3 Å². The molecule has 0 bridgehead atoms. The maximum Gasteiger partial charge on any atom is 0.126 e. The van der Waals surface area contributed by atoms with Crippen LogP contribution in [0.1, 0.15) is 12.8 Å². The first-order chi connectivity index (χ1) is 6.75. The quantitative estimate of drug-likeness (QED) is 0.796. The van der Waals surface area contributed by atoms with Crippen molar-refractivity contribution in [2.45, 2.75) is 18.9 Å². The van der Waals surface area contributed by atoms with E-state index in [1.54, 1.807) is 12.1 Å². The molecular weight excluding hydrogens is 181 g/mol. The van der Waals surface area contributed by atoms with Crippen molar-refractivity contribution in [2.24, 2.45) is 11.7 Å². The van der Waals surface area contributed by atoms with Gasteiger partial charge in [0.15, 0.2) is 0 Å². The summed E-state index contributed by atoms with van der Waals surface area (Å²) < 4.78 is 18.1. The van der Waals surface area contributed by atoms with Crippen LogP contribution in [-0.4, -0.2) is 12.6 Å². The molecule has 2 N–H and O–H groups in total. The van der Waals surface area contributed by atoms with E-state index in [2.05, 4.69) is 0 Å². The summed E-state index contributed by atoms with van der Waals surface area (Å²) in [6, 6.07) is 6.58. The third-order valence-electron chi connectivity index (χ3n) is 2.53. The van der Waals surface area contributed by atoms with Gasteiger partial charge in [-0.2, -0.15) is 0 Å². The molecule has 3 heteroatoms. The van der Waals surface area contributed by atoms with E-state index < -0.39 is 0 Å². The van der Waals surface area contributed by atoms with Gasteiger partial charge in [-0.1, -0.05) is 6.07 Å². The van der Waals surface area contributed by atoms with E-state index in [4.69, 9.17) is 10.5 Å². The molecule has 0 aromatic heterocycles. The lowest BCUT2D eigenvalue weighted by Gasteiger charge is -2.04. The normalized spacial score (nSPS) is 24.7. The molecule has 1 fully saturated rings. The summed E-state index contributed by atoms with van der Waals surface area (Å²) in [6.07, 6.45) is 2.07. The Kier molecular flexibility index (Phi) is 2.68. The number of benzene rings is 1. The molecule has 2 atom stereocenters. The lowest BCUT2D eigenvalue weighted by molar-refractivity contribution is 0.300. The van der Waals surface area contributed by atoms with E-state index >= 15 is 0 Å². The lowest BCUT2D eigenvalue weighted by atomic mass is 10.3. The first-order valence-electron chi connectivity index (χ1n) is 4.89. The molecule has 0 amide bonds. The van der Waals surface area contributed by atoms with Crippen LogP contribution in [0.2, 0.25) is 0 Å². The summed E-state index contributed by atoms with van der Waals surface area (Å²) in [5, 5.41) is 0. The predicted octanol–water partition coefficient (Wildman–Crippen LogP) is 1.94. The molecule has 1 aliphatic carbocycles. The van der Waals surface area contributed by atoms with Crippen LogP contribution in [-0.2, 0) is 0 Å². The number of halogens is 1. The van der Waals surface area contributed by atoms with Gasteiger partial charge >= 0.3 is 0 Å². The Morgan fingerprint density at radius 1 is 1.50 bits per heavy atom. The summed E-state index contributed by atoms with van der Waals surface area (Å²) in [6.45, 7) is 0.627. The van der Waals surface area contributed by atoms with Gasteiger partial charge in [-0.15, -0.1) is 0 Å². The maximum atomic E-state index is 12.7. The number of hydrogen-bond donors (Lipinski definition) is 1. The van der Waals surface area contributed by atoms with Gasteiger partial charge in [0.25, 0.3) is 0 Å². The molecule has 1 aliphatic rings. The van der Waals surface area contributed by atoms with Crippen LogP contribution in [0.3, 0.4) is 0 Å². The molecule has 0 unspecified atom stereocenters. The summed E-state index contributed by atoms with van der Waals surface area (Å²) in [7, 11) is 0. The second-order valence-corrected chi connectivity index (χ2v) is 3.75. The number of rotatable bonds is 4. The summed E-state index contributed by atoms with van der Waals surface area (Å²) in [4.78, 5) is 0. The van der Waals surface area contributed by atoms with Gasteiger partial charge in [0.2, 0.25) is 0 Å². The van der Waals surface area contributed by atoms with E-state index in [-0.39, 0.29) is 5.82 Å². The largest absolute Gasteiger partial charge is 0.493 e. The minimum atomic E-state index is -0.259. The first kappa shape index (κ1) is 9.46. The molecule has 76 valence electrons. The van der Waals surface area contributed by atoms with Gasteiger partial charge < -0.3 is 10.5 Å². The van der Waals surface area contributed by atoms with Gasteiger partial charge in [0.05, 0.1) is 6.61 Å². The summed E-state index contributed by atoms with van der Waals surface area (Å²) in [5.41, 5.74) is 5.65. The van der Waals surface area contributed by atoms with Crippen molar-refractivity contribution in [1.82, 2.24) is 0 Å². The average molecular weight is 195 g/mol. The fourth-order valence-corrected chi connectivity index (χ4v) is 1.49. The molecule has 0 saturated heterocycles. The van der Waals surface area contributed by atoms with E-state index in [1.807, 2.05) is 0 Å². The topological polar surface area (TPSA) is 35.2 Å². The molecule has 1 saturated carbocycles. The summed E-state index contributed by atoms with van der Waals surface area (Å²) in [5.74, 6) is 0.952. The van der Waals surface area contributed by atoms with Gasteiger partial charge in [-0.3, -0.25) is 0 Å². The van der Waals surface area contributed by atoms with Crippen LogP contribution in [0.25, 0.3) is 0 Å². The molecule has 2 nitrogen and oxygen atoms in total. The summed E-state index contributed by atoms with van der Waals surface area (Å²) >= 11 is 0. The highest BCUT2D eigenvalue weighted by atomic mass is 19.1. The van der Waals surface area contributed by atoms with E-state index in [0.717, 1.165) is 12.8 Å². The highest BCUT2D eigenvalue weighted by Gasteiger charge is 2.32. The Hall–Kier alpha value is -1.09. The second kappa shape index (κ2) is 3.96. The van der Waals surface area contributed by atoms with Crippen LogP contribution < -0.4 is 10.5 Å². The van der Waals surface area contributed by atoms with E-state index in [0.29, 0.717) is 24.3 Å². The van der Waals surface area contributed by atoms with Crippen molar-refractivity contribution in [3.63, 3.8) is 0 Å². The Bertz CT molecular complexity index is 316. The second-order valence-electron chi connectivity index (χ2n) is 3.75. The zero-order valence-electron chi connectivity index (χ0n) is 7.95. The number of ether oxygens (including phenoxy) is 1. The van der Waals surface area contributed by atoms with Crippen molar-refractivity contribution in [2.75, 3.05) is 6.61 Å². The molecular formula is C11H14FNO. The zero-order valence-corrected chi connectivity index (χ0v) is 7.95. The third-order valence-corrected chi connectivity index (χ3v) is 2.53. The Morgan fingerprint density at radius 3 is 2.93 bits per heavy atom. The maximum absolute atomic E-state index is 12.7. The van der Waals surface area contributed by atoms with E-state index in [9.17, 15) is 4.39 Å². The molecule has 0 spiro atoms. The fraction of sp³-hybridized carbons (Fsp3) is 0.455. The SMILES string of the molecule is N[C@@H]1C[C@H]1CCOc1cccc(F)c1. The van der Waals surface area contributed by atoms with Crippen molar-refractivity contribution in [3.8, 4) is 5.75 Å². The fourth-order valence-electron chi connectivity index (χ4n) is 1.49. The van der Waals surface area contributed by atoms with Crippen molar-refractivity contribution in [3.05, 3.63) is 30.1 Å². The Labute approximate surface area is 82.9 Å². The molecule has 0 radical (unpaired) electrons. The van der Waals surface area contributed by atoms with Gasteiger partial charge in [-0.25, -0.2) is 4.39 Å². The molecule has 2 rings (SSSR count). The molecule has 14 heavy (non-hydrogen) atoms. The van der Waals surface area contributed by atoms with Gasteiger partial charge in [0.1, 0.15) is 11.6 Å². The third kappa shape index (κ3) is 2.45. The lowest BCUT2D eigenvalue weighted by Crippen LogP contribution is -2.05. The highest BCUT2D eigenvalue weighted by molar-refractivity contribution is 5.22. The molecule has 0 aliphatic heterocycles. The molecule has 0 heterocycles. The standard InChI is InChI=1S/C11H14FNO/c12-9-2-1-3-10(7-9)14-5-4-8-6-11(8)13/h1-3,7-8,11H,4-6,13H2/t8-,11-/m1/s1. The molecule has 1 aromatic carbocycles. The van der Waals surface area contributed by atoms with Crippen molar-refractivity contribution in [1.29, 1.82) is 0 Å². The van der Waals surface area contributed by atoms with Gasteiger partial charge in [-0.05, 0) is 30.9 Å². The predicted molar refractivity (Wildman–Crippen MR) is 52.6 cm³/mol. The van der Waals surface area contributed by atoms with Crippen molar-refractivity contribution >= 4 is 0 Å². The zero-order chi connectivity index (χ0) is 9.97. The minimum absolute atomic E-state index is 0.259. The minimum Gasteiger partial charge on any atom is -0.493 e. The van der Waals surface area contributed by atoms with Crippen LogP contribution >= 0.6 is 0 Å². The van der Waals surface area contributed by atoms with Crippen LogP contribution in [0.4, 0.5) is 4.39 Å². The van der Waals surface area contributed by atoms with Crippen LogP contribution in [0.5, 0.6) is 5.75 Å². The average Bonchev–Trinajstić information content (AvgIpc) is 2.82. The Balaban J connectivity index is 1.74. The highest BCUT2D eigenvalue weighted by Crippen LogP contribution is 2.31. The van der Waals surface area contributed by atoms with Crippen LogP contribution in [0, 0.1) is 11.7 Å². The monoisotopic (exact) mass is 195 g/mol. The smallest absolute Gasteiger partial charge is 0.126 e. The number of nitrogens with two attached hydrogens (primary N) is 1. The van der Waals surface area contributed by atoms with E-state index in [1.165, 1.54) is 12.1 Å². The van der Waals surface area contributed by atoms with Gasteiger partial charge in [0, 0.05) is 12.1 Å². The Morgan fingerprint density at radius 2 is 2.29 bits per heavy atom.